The lowest BCUT2D eigenvalue weighted by Gasteiger charge is -2.32. The standard InChI is InChI=1S/C21H26N2O4/c1-14(2)13-26-16-5-6-17-15(3)18(21(25)27-19(17)11-16)12-20(24)23-9-7-22(4)8-10-23/h5-6,11H,1,7-10,12-13H2,2-4H3. The molecule has 1 aliphatic rings. The van der Waals surface area contributed by atoms with Crippen LogP contribution in [0.5, 0.6) is 5.75 Å². The number of nitrogens with zero attached hydrogens (tertiary/aromatic N) is 2. The first-order valence-electron chi connectivity index (χ1n) is 9.15. The zero-order valence-electron chi connectivity index (χ0n) is 16.2. The molecule has 6 heteroatoms. The number of carbonyl (C=O) groups excluding carboxylic acids is 1. The van der Waals surface area contributed by atoms with Crippen LogP contribution in [-0.2, 0) is 11.2 Å². The predicted octanol–water partition coefficient (Wildman–Crippen LogP) is 2.37. The molecule has 2 aromatic rings. The fraction of sp³-hybridized carbons (Fsp3) is 0.429. The molecule has 0 bridgehead atoms. The molecule has 1 fully saturated rings. The van der Waals surface area contributed by atoms with Crippen LogP contribution in [0.25, 0.3) is 11.0 Å². The maximum Gasteiger partial charge on any atom is 0.340 e. The number of hydrogen-bond donors (Lipinski definition) is 0. The normalized spacial score (nSPS) is 15.1. The van der Waals surface area contributed by atoms with Crippen LogP contribution < -0.4 is 10.4 Å². The monoisotopic (exact) mass is 370 g/mol. The van der Waals surface area contributed by atoms with Crippen molar-refractivity contribution in [3.63, 3.8) is 0 Å². The molecular weight excluding hydrogens is 344 g/mol. The average molecular weight is 370 g/mol. The number of ether oxygens (including phenoxy) is 1. The van der Waals surface area contributed by atoms with Gasteiger partial charge in [-0.25, -0.2) is 4.79 Å². The summed E-state index contributed by atoms with van der Waals surface area (Å²) in [5.74, 6) is 0.591. The first kappa shape index (κ1) is 19.2. The van der Waals surface area contributed by atoms with Crippen molar-refractivity contribution < 1.29 is 13.9 Å². The van der Waals surface area contributed by atoms with Gasteiger partial charge in [0.25, 0.3) is 0 Å². The highest BCUT2D eigenvalue weighted by molar-refractivity contribution is 5.85. The number of hydrogen-bond acceptors (Lipinski definition) is 5. The molecule has 2 heterocycles. The zero-order chi connectivity index (χ0) is 19.6. The maximum absolute atomic E-state index is 12.6. The molecule has 6 nitrogen and oxygen atoms in total. The van der Waals surface area contributed by atoms with E-state index in [0.717, 1.165) is 29.6 Å². The summed E-state index contributed by atoms with van der Waals surface area (Å²) in [6.07, 6.45) is 0.0712. The molecule has 0 aliphatic carbocycles. The summed E-state index contributed by atoms with van der Waals surface area (Å²) >= 11 is 0. The van der Waals surface area contributed by atoms with E-state index in [0.29, 0.717) is 36.6 Å². The minimum atomic E-state index is -0.459. The average Bonchev–Trinajstić information content (AvgIpc) is 2.63. The van der Waals surface area contributed by atoms with E-state index < -0.39 is 5.63 Å². The number of rotatable bonds is 5. The van der Waals surface area contributed by atoms with Crippen LogP contribution in [0.3, 0.4) is 0 Å². The van der Waals surface area contributed by atoms with E-state index in [-0.39, 0.29) is 12.3 Å². The lowest BCUT2D eigenvalue weighted by atomic mass is 10.0. The summed E-state index contributed by atoms with van der Waals surface area (Å²) in [4.78, 5) is 29.1. The van der Waals surface area contributed by atoms with Gasteiger partial charge in [0.2, 0.25) is 5.91 Å². The van der Waals surface area contributed by atoms with E-state index in [4.69, 9.17) is 9.15 Å². The maximum atomic E-state index is 12.6. The minimum absolute atomic E-state index is 0.0285. The van der Waals surface area contributed by atoms with Crippen LogP contribution in [0.1, 0.15) is 18.1 Å². The molecule has 27 heavy (non-hydrogen) atoms. The summed E-state index contributed by atoms with van der Waals surface area (Å²) in [5.41, 5.74) is 2.13. The van der Waals surface area contributed by atoms with E-state index in [2.05, 4.69) is 11.5 Å². The molecule has 0 saturated carbocycles. The van der Waals surface area contributed by atoms with Crippen LogP contribution in [0.2, 0.25) is 0 Å². The summed E-state index contributed by atoms with van der Waals surface area (Å²) < 4.78 is 11.1. The first-order valence-corrected chi connectivity index (χ1v) is 9.15. The number of likely N-dealkylation sites (N-methyl/N-ethyl adjacent to an activating group) is 1. The van der Waals surface area contributed by atoms with Gasteiger partial charge in [-0.05, 0) is 44.2 Å². The molecular formula is C21H26N2O4. The number of amides is 1. The van der Waals surface area contributed by atoms with Gasteiger partial charge in [0.1, 0.15) is 17.9 Å². The number of aryl methyl sites for hydroxylation is 1. The fourth-order valence-corrected chi connectivity index (χ4v) is 3.19. The molecule has 1 saturated heterocycles. The number of fused-ring (bicyclic) bond motifs is 1. The van der Waals surface area contributed by atoms with Gasteiger partial charge in [-0.2, -0.15) is 0 Å². The molecule has 0 atom stereocenters. The van der Waals surface area contributed by atoms with E-state index in [1.54, 1.807) is 6.07 Å². The third-order valence-corrected chi connectivity index (χ3v) is 4.93. The van der Waals surface area contributed by atoms with Crippen molar-refractivity contribution in [1.82, 2.24) is 9.80 Å². The van der Waals surface area contributed by atoms with Crippen molar-refractivity contribution in [1.29, 1.82) is 0 Å². The van der Waals surface area contributed by atoms with Crippen molar-refractivity contribution in [3.05, 3.63) is 51.9 Å². The minimum Gasteiger partial charge on any atom is -0.489 e. The Kier molecular flexibility index (Phi) is 5.65. The van der Waals surface area contributed by atoms with Crippen molar-refractivity contribution in [2.24, 2.45) is 0 Å². The Bertz CT molecular complexity index is 924. The second kappa shape index (κ2) is 7.96. The highest BCUT2D eigenvalue weighted by Crippen LogP contribution is 2.25. The summed E-state index contributed by atoms with van der Waals surface area (Å²) in [6.45, 7) is 11.0. The molecule has 144 valence electrons. The number of benzene rings is 1. The molecule has 0 unspecified atom stereocenters. The summed E-state index contributed by atoms with van der Waals surface area (Å²) in [7, 11) is 2.04. The van der Waals surface area contributed by atoms with E-state index in [9.17, 15) is 9.59 Å². The van der Waals surface area contributed by atoms with Crippen LogP contribution in [0, 0.1) is 6.92 Å². The van der Waals surface area contributed by atoms with E-state index >= 15 is 0 Å². The van der Waals surface area contributed by atoms with Gasteiger partial charge in [-0.3, -0.25) is 4.79 Å². The molecule has 3 rings (SSSR count). The Morgan fingerprint density at radius 1 is 1.26 bits per heavy atom. The summed E-state index contributed by atoms with van der Waals surface area (Å²) in [5, 5.41) is 0.818. The van der Waals surface area contributed by atoms with Crippen molar-refractivity contribution in [2.45, 2.75) is 20.3 Å². The van der Waals surface area contributed by atoms with Crippen molar-refractivity contribution in [3.8, 4) is 5.75 Å². The van der Waals surface area contributed by atoms with Crippen LogP contribution in [0.15, 0.2) is 39.6 Å². The molecule has 1 aromatic heterocycles. The molecule has 0 N–H and O–H groups in total. The second-order valence-electron chi connectivity index (χ2n) is 7.26. The number of carbonyl (C=O) groups is 1. The Morgan fingerprint density at radius 2 is 1.96 bits per heavy atom. The van der Waals surface area contributed by atoms with Crippen molar-refractivity contribution >= 4 is 16.9 Å². The Labute approximate surface area is 159 Å². The van der Waals surface area contributed by atoms with E-state index in [1.165, 1.54) is 0 Å². The first-order chi connectivity index (χ1) is 12.8. The van der Waals surface area contributed by atoms with Gasteiger partial charge >= 0.3 is 5.63 Å². The predicted molar refractivity (Wildman–Crippen MR) is 105 cm³/mol. The summed E-state index contributed by atoms with van der Waals surface area (Å²) in [6, 6.07) is 5.41. The van der Waals surface area contributed by atoms with Gasteiger partial charge in [0.15, 0.2) is 0 Å². The fourth-order valence-electron chi connectivity index (χ4n) is 3.19. The highest BCUT2D eigenvalue weighted by atomic mass is 16.5. The molecule has 1 aliphatic heterocycles. The topological polar surface area (TPSA) is 63.0 Å². The van der Waals surface area contributed by atoms with Crippen LogP contribution >= 0.6 is 0 Å². The smallest absolute Gasteiger partial charge is 0.340 e. The van der Waals surface area contributed by atoms with Crippen molar-refractivity contribution in [2.75, 3.05) is 39.8 Å². The quantitative estimate of drug-likeness (QED) is 0.597. The SMILES string of the molecule is C=C(C)COc1ccc2c(C)c(CC(=O)N3CCN(C)CC3)c(=O)oc2c1. The largest absolute Gasteiger partial charge is 0.489 e. The number of piperazine rings is 1. The third-order valence-electron chi connectivity index (χ3n) is 4.93. The van der Waals surface area contributed by atoms with Gasteiger partial charge in [0, 0.05) is 37.6 Å². The Balaban J connectivity index is 1.84. The lowest BCUT2D eigenvalue weighted by Crippen LogP contribution is -2.47. The molecule has 0 spiro atoms. The van der Waals surface area contributed by atoms with Gasteiger partial charge in [-0.15, -0.1) is 0 Å². The van der Waals surface area contributed by atoms with E-state index in [1.807, 2.05) is 37.9 Å². The van der Waals surface area contributed by atoms with Crippen LogP contribution in [-0.4, -0.2) is 55.5 Å². The molecule has 0 radical (unpaired) electrons. The van der Waals surface area contributed by atoms with Gasteiger partial charge < -0.3 is 19.0 Å². The zero-order valence-corrected chi connectivity index (χ0v) is 16.2. The third kappa shape index (κ3) is 4.39. The Hall–Kier alpha value is -2.60. The second-order valence-corrected chi connectivity index (χ2v) is 7.26. The van der Waals surface area contributed by atoms with Gasteiger partial charge in [-0.1, -0.05) is 6.58 Å². The Morgan fingerprint density at radius 3 is 2.63 bits per heavy atom. The highest BCUT2D eigenvalue weighted by Gasteiger charge is 2.22. The van der Waals surface area contributed by atoms with Gasteiger partial charge in [0.05, 0.1) is 12.0 Å². The molecule has 1 amide bonds. The van der Waals surface area contributed by atoms with Crippen LogP contribution in [0.4, 0.5) is 0 Å². The lowest BCUT2D eigenvalue weighted by molar-refractivity contribution is -0.132. The molecule has 1 aromatic carbocycles.